The van der Waals surface area contributed by atoms with Crippen LogP contribution in [0.1, 0.15) is 322 Å². The average Bonchev–Trinajstić information content (AvgIpc) is 0.910. The summed E-state index contributed by atoms with van der Waals surface area (Å²) in [6.07, 6.45) is 88.8. The lowest BCUT2D eigenvalue weighted by molar-refractivity contribution is -0.161. The number of esters is 2. The third-order valence-corrected chi connectivity index (χ3v) is 18.8. The summed E-state index contributed by atoms with van der Waals surface area (Å²) < 4.78 is 69.9. The van der Waals surface area contributed by atoms with Gasteiger partial charge >= 0.3 is 27.6 Å². The van der Waals surface area contributed by atoms with Gasteiger partial charge in [-0.05, 0) is 167 Å². The van der Waals surface area contributed by atoms with Gasteiger partial charge in [-0.1, -0.05) is 251 Å². The predicted octanol–water partition coefficient (Wildman–Crippen LogP) is 23.2. The Labute approximate surface area is 632 Å². The lowest BCUT2D eigenvalue weighted by atomic mass is 10.1. The van der Waals surface area contributed by atoms with Crippen molar-refractivity contribution in [1.82, 2.24) is 0 Å². The van der Waals surface area contributed by atoms with Crippen LogP contribution in [-0.2, 0) is 65.4 Å². The number of phosphoric ester groups is 2. The molecule has 0 fully saturated rings. The number of rotatable bonds is 80. The van der Waals surface area contributed by atoms with Crippen molar-refractivity contribution in [3.05, 3.63) is 122 Å². The van der Waals surface area contributed by atoms with Crippen LogP contribution in [0.4, 0.5) is 0 Å². The highest BCUT2D eigenvalue weighted by molar-refractivity contribution is 7.47. The second kappa shape index (κ2) is 79.8. The number of carbonyl (C=O) groups excluding carboxylic acids is 4. The van der Waals surface area contributed by atoms with Crippen molar-refractivity contribution in [3.8, 4) is 0 Å². The molecule has 0 radical (unpaired) electrons. The zero-order valence-electron chi connectivity index (χ0n) is 65.0. The minimum Gasteiger partial charge on any atom is -0.462 e. The van der Waals surface area contributed by atoms with Gasteiger partial charge < -0.3 is 43.4 Å². The van der Waals surface area contributed by atoms with Crippen LogP contribution in [0, 0.1) is 0 Å². The summed E-state index contributed by atoms with van der Waals surface area (Å²) in [6.45, 7) is 2.34. The van der Waals surface area contributed by atoms with E-state index in [4.69, 9.17) is 37.0 Å². The molecule has 19 heteroatoms. The third kappa shape index (κ3) is 78.8. The Kier molecular flexibility index (Phi) is 76.6. The third-order valence-electron chi connectivity index (χ3n) is 16.9. The van der Waals surface area contributed by atoms with E-state index < -0.39 is 72.3 Å². The molecule has 0 amide bonds. The average molecular weight is 1500 g/mol. The van der Waals surface area contributed by atoms with E-state index in [1.807, 2.05) is 24.3 Å². The Morgan fingerprint density at radius 3 is 0.981 bits per heavy atom. The number of carbonyl (C=O) groups is 4. The summed E-state index contributed by atoms with van der Waals surface area (Å²) in [7, 11) is -9.73. The zero-order valence-corrected chi connectivity index (χ0v) is 66.8. The van der Waals surface area contributed by atoms with Gasteiger partial charge in [0.2, 0.25) is 0 Å². The van der Waals surface area contributed by atoms with Crippen LogP contribution in [0.15, 0.2) is 122 Å². The minimum atomic E-state index is -4.95. The van der Waals surface area contributed by atoms with Crippen LogP contribution in [-0.4, -0.2) is 111 Å². The summed E-state index contributed by atoms with van der Waals surface area (Å²) in [5, 5.41) is 10.7. The van der Waals surface area contributed by atoms with Gasteiger partial charge in [-0.2, -0.15) is 0 Å². The molecule has 104 heavy (non-hydrogen) atoms. The van der Waals surface area contributed by atoms with Gasteiger partial charge in [0.15, 0.2) is 6.10 Å². The molecule has 598 valence electrons. The molecular weight excluding hydrogens is 1350 g/mol. The van der Waals surface area contributed by atoms with Crippen LogP contribution in [0.3, 0.4) is 0 Å². The molecule has 0 bridgehead atoms. The lowest BCUT2D eigenvalue weighted by Crippen LogP contribution is -2.30. The van der Waals surface area contributed by atoms with Crippen molar-refractivity contribution in [2.45, 2.75) is 340 Å². The first-order valence-electron chi connectivity index (χ1n) is 40.7. The van der Waals surface area contributed by atoms with Crippen LogP contribution in [0.25, 0.3) is 0 Å². The normalized spacial score (nSPS) is 14.5. The van der Waals surface area contributed by atoms with Crippen LogP contribution >= 0.6 is 15.6 Å². The number of aldehydes is 2. The van der Waals surface area contributed by atoms with Gasteiger partial charge in [0.05, 0.1) is 33.0 Å². The molecule has 2 unspecified atom stereocenters. The van der Waals surface area contributed by atoms with E-state index in [-0.39, 0.29) is 26.1 Å². The Bertz CT molecular complexity index is 2380. The highest BCUT2D eigenvalue weighted by Crippen LogP contribution is 2.45. The van der Waals surface area contributed by atoms with E-state index >= 15 is 0 Å². The molecular formula is C85H146O17P2. The van der Waals surface area contributed by atoms with Crippen LogP contribution < -0.4 is 0 Å². The molecule has 0 aromatic rings. The van der Waals surface area contributed by atoms with Gasteiger partial charge in [-0.25, -0.2) is 9.13 Å². The smallest absolute Gasteiger partial charge is 0.462 e. The summed E-state index contributed by atoms with van der Waals surface area (Å²) >= 11 is 0. The second-order valence-electron chi connectivity index (χ2n) is 26.9. The van der Waals surface area contributed by atoms with Crippen molar-refractivity contribution < 1.29 is 80.2 Å². The van der Waals surface area contributed by atoms with Crippen molar-refractivity contribution in [3.63, 3.8) is 0 Å². The molecule has 0 aliphatic carbocycles. The summed E-state index contributed by atoms with van der Waals surface area (Å²) in [5.74, 6) is -1.17. The van der Waals surface area contributed by atoms with Gasteiger partial charge in [0.25, 0.3) is 0 Å². The van der Waals surface area contributed by atoms with E-state index in [9.17, 15) is 43.2 Å². The monoisotopic (exact) mass is 1500 g/mol. The lowest BCUT2D eigenvalue weighted by Gasteiger charge is -2.21. The number of allylic oxidation sites excluding steroid dienone is 20. The van der Waals surface area contributed by atoms with E-state index in [1.165, 1.54) is 103 Å². The topological polar surface area (TPSA) is 237 Å². The summed E-state index contributed by atoms with van der Waals surface area (Å²) in [5.41, 5.74) is 0. The number of aliphatic hydroxyl groups is 1. The number of hydrogen-bond acceptors (Lipinski definition) is 15. The Balaban J connectivity index is 5.33. The maximum atomic E-state index is 13.1. The standard InChI is InChI=1S/C85H146O17P2/c1-3-5-7-9-11-13-15-17-19-21-27-33-39-45-51-57-63-69-84(89)97-78-83(102-85(90)70-64-58-52-46-40-34-28-22-20-18-16-14-12-10-8-6-4-2)80-101-104(93,94)99-76-81(88)75-98-103(91,92)100-79-82(96-74-68-62-56-50-44-38-32-26-24-30-36-42-48-54-60-66-72-87)77-95-73-67-61-55-49-43-37-31-25-23-29-35-41-47-53-59-65-71-86/h11-14,17-20,23-24,27-30,33-34,45-46,51-52,71-72,81-83,88H,3-10,15-16,21-22,25-26,31-32,35-44,47-50,53-70,73-80H2,1-2H3,(H,91,92)(H,93,94)/b13-11-,14-12-,19-17-,20-18-,29-23-,30-24-,33-27-,34-28-,51-45-,52-46-/t81-,82+,83+/m0/s1. The Hall–Kier alpha value is -4.22. The highest BCUT2D eigenvalue weighted by atomic mass is 31.2. The van der Waals surface area contributed by atoms with Crippen molar-refractivity contribution in [2.24, 2.45) is 0 Å². The fourth-order valence-corrected chi connectivity index (χ4v) is 12.3. The van der Waals surface area contributed by atoms with Crippen LogP contribution in [0.2, 0.25) is 0 Å². The molecule has 0 aliphatic heterocycles. The first kappa shape index (κ1) is 99.8. The van der Waals surface area contributed by atoms with Crippen molar-refractivity contribution >= 4 is 40.2 Å². The summed E-state index contributed by atoms with van der Waals surface area (Å²) in [4.78, 5) is 68.1. The van der Waals surface area contributed by atoms with Gasteiger partial charge in [0.1, 0.15) is 31.4 Å². The molecule has 3 N–H and O–H groups in total. The molecule has 0 heterocycles. The van der Waals surface area contributed by atoms with Gasteiger partial charge in [-0.3, -0.25) is 27.7 Å². The molecule has 5 atom stereocenters. The van der Waals surface area contributed by atoms with E-state index in [1.54, 1.807) is 0 Å². The highest BCUT2D eigenvalue weighted by Gasteiger charge is 2.30. The second-order valence-corrected chi connectivity index (χ2v) is 29.8. The van der Waals surface area contributed by atoms with E-state index in [2.05, 4.69) is 111 Å². The molecule has 0 aliphatic rings. The molecule has 0 saturated heterocycles. The first-order valence-corrected chi connectivity index (χ1v) is 43.7. The quantitative estimate of drug-likeness (QED) is 0.0169. The molecule has 0 aromatic heterocycles. The maximum Gasteiger partial charge on any atom is 0.472 e. The molecule has 0 saturated carbocycles. The fraction of sp³-hybridized carbons (Fsp3) is 0.718. The Morgan fingerprint density at radius 1 is 0.317 bits per heavy atom. The van der Waals surface area contributed by atoms with Crippen molar-refractivity contribution in [2.75, 3.05) is 52.9 Å². The Morgan fingerprint density at radius 2 is 0.606 bits per heavy atom. The predicted molar refractivity (Wildman–Crippen MR) is 427 cm³/mol. The van der Waals surface area contributed by atoms with Crippen LogP contribution in [0.5, 0.6) is 0 Å². The van der Waals surface area contributed by atoms with Gasteiger partial charge in [0, 0.05) is 38.9 Å². The van der Waals surface area contributed by atoms with Gasteiger partial charge in [-0.15, -0.1) is 0 Å². The summed E-state index contributed by atoms with van der Waals surface area (Å²) in [6, 6.07) is 0. The number of unbranched alkanes of at least 4 members (excludes halogenated alkanes) is 32. The largest absolute Gasteiger partial charge is 0.472 e. The number of hydrogen-bond donors (Lipinski definition) is 3. The number of aliphatic hydroxyl groups excluding tert-OH is 1. The molecule has 17 nitrogen and oxygen atoms in total. The number of phosphoric acid groups is 2. The maximum absolute atomic E-state index is 13.1. The molecule has 0 spiro atoms. The first-order chi connectivity index (χ1) is 50.9. The van der Waals surface area contributed by atoms with Crippen molar-refractivity contribution in [1.29, 1.82) is 0 Å². The SMILES string of the molecule is CCCCC/C=C\C/C=C\C/C=C\C/C=C\CCCC(=O)OC[C@H](COP(=O)(O)OC[C@@H](O)COP(=O)(O)OC[C@@H](COCCCCCCCCC/C=C\CCCCCCC=O)OCCCCCCCCC/C=C\CCCCCCC=O)OC(=O)CCC/C=C\C/C=C\C/C=C\C/C=C\CCCCC. The minimum absolute atomic E-state index is 0.0270. The van der Waals surface area contributed by atoms with E-state index in [0.717, 1.165) is 167 Å². The molecule has 0 rings (SSSR count). The zero-order chi connectivity index (χ0) is 75.7. The van der Waals surface area contributed by atoms with E-state index in [0.29, 0.717) is 51.7 Å². The fourth-order valence-electron chi connectivity index (χ4n) is 10.7. The molecule has 0 aromatic carbocycles. The number of ether oxygens (including phenoxy) is 4.